The van der Waals surface area contributed by atoms with E-state index in [0.717, 1.165) is 19.4 Å². The molecule has 2 fully saturated rings. The molecule has 2 aliphatic heterocycles. The Kier molecular flexibility index (Phi) is 1.19. The van der Waals surface area contributed by atoms with Crippen molar-refractivity contribution in [3.8, 4) is 0 Å². The van der Waals surface area contributed by atoms with E-state index in [4.69, 9.17) is 0 Å². The average Bonchev–Trinajstić information content (AvgIpc) is 2.53. The standard InChI is InChI=1S/C7H10N2O2/c1-8-6(10)5-3-2-4-9(5)7(8)11/h5H,2-4H2,1H3. The molecule has 0 radical (unpaired) electrons. The normalized spacial score (nSPS) is 30.1. The van der Waals surface area contributed by atoms with Gasteiger partial charge in [-0.25, -0.2) is 4.79 Å². The van der Waals surface area contributed by atoms with Crippen LogP contribution in [0.1, 0.15) is 12.8 Å². The van der Waals surface area contributed by atoms with E-state index in [1.165, 1.54) is 4.90 Å². The number of hydrogen-bond acceptors (Lipinski definition) is 2. The second-order valence-electron chi connectivity index (χ2n) is 3.03. The summed E-state index contributed by atoms with van der Waals surface area (Å²) in [6.07, 6.45) is 1.81. The Balaban J connectivity index is 2.30. The van der Waals surface area contributed by atoms with Crippen molar-refractivity contribution < 1.29 is 9.59 Å². The molecule has 0 aliphatic carbocycles. The quantitative estimate of drug-likeness (QED) is 0.462. The zero-order valence-corrected chi connectivity index (χ0v) is 6.41. The van der Waals surface area contributed by atoms with Gasteiger partial charge in [0.2, 0.25) is 0 Å². The van der Waals surface area contributed by atoms with Gasteiger partial charge in [-0.2, -0.15) is 0 Å². The number of fused-ring (bicyclic) bond motifs is 1. The fourth-order valence-electron chi connectivity index (χ4n) is 1.76. The number of carbonyl (C=O) groups excluding carboxylic acids is 2. The summed E-state index contributed by atoms with van der Waals surface area (Å²) in [5, 5.41) is 0. The lowest BCUT2D eigenvalue weighted by Crippen LogP contribution is -2.29. The first-order valence-electron chi connectivity index (χ1n) is 3.80. The highest BCUT2D eigenvalue weighted by Gasteiger charge is 2.45. The van der Waals surface area contributed by atoms with Crippen molar-refractivity contribution in [3.05, 3.63) is 0 Å². The highest BCUT2D eigenvalue weighted by atomic mass is 16.2. The zero-order chi connectivity index (χ0) is 8.01. The van der Waals surface area contributed by atoms with Gasteiger partial charge in [-0.3, -0.25) is 9.69 Å². The smallest absolute Gasteiger partial charge is 0.312 e. The molecule has 4 nitrogen and oxygen atoms in total. The van der Waals surface area contributed by atoms with E-state index in [9.17, 15) is 9.59 Å². The fourth-order valence-corrected chi connectivity index (χ4v) is 1.76. The number of urea groups is 1. The first-order valence-corrected chi connectivity index (χ1v) is 3.80. The van der Waals surface area contributed by atoms with Gasteiger partial charge in [-0.1, -0.05) is 0 Å². The molecule has 0 N–H and O–H groups in total. The van der Waals surface area contributed by atoms with E-state index in [2.05, 4.69) is 0 Å². The van der Waals surface area contributed by atoms with Crippen molar-refractivity contribution in [3.63, 3.8) is 0 Å². The Hall–Kier alpha value is -1.06. The molecular weight excluding hydrogens is 144 g/mol. The monoisotopic (exact) mass is 154 g/mol. The van der Waals surface area contributed by atoms with E-state index in [1.807, 2.05) is 0 Å². The van der Waals surface area contributed by atoms with Crippen LogP contribution in [0, 0.1) is 0 Å². The minimum atomic E-state index is -0.132. The van der Waals surface area contributed by atoms with E-state index in [0.29, 0.717) is 0 Å². The van der Waals surface area contributed by atoms with Crippen LogP contribution in [0.2, 0.25) is 0 Å². The summed E-state index contributed by atoms with van der Waals surface area (Å²) in [7, 11) is 1.54. The molecule has 3 amide bonds. The van der Waals surface area contributed by atoms with Crippen LogP contribution in [0.15, 0.2) is 0 Å². The van der Waals surface area contributed by atoms with E-state index < -0.39 is 0 Å². The van der Waals surface area contributed by atoms with E-state index in [1.54, 1.807) is 11.9 Å². The third-order valence-corrected chi connectivity index (χ3v) is 2.40. The predicted octanol–water partition coefficient (Wildman–Crippen LogP) is 0.0428. The molecule has 0 saturated carbocycles. The molecule has 2 aliphatic rings. The molecule has 0 aromatic carbocycles. The average molecular weight is 154 g/mol. The van der Waals surface area contributed by atoms with Crippen molar-refractivity contribution in [2.45, 2.75) is 18.9 Å². The van der Waals surface area contributed by atoms with Gasteiger partial charge in [0.1, 0.15) is 6.04 Å². The number of imide groups is 1. The van der Waals surface area contributed by atoms with Crippen molar-refractivity contribution in [1.82, 2.24) is 9.80 Å². The number of carbonyl (C=O) groups is 2. The number of nitrogens with zero attached hydrogens (tertiary/aromatic N) is 2. The maximum absolute atomic E-state index is 11.3. The van der Waals surface area contributed by atoms with Crippen molar-refractivity contribution >= 4 is 11.9 Å². The van der Waals surface area contributed by atoms with Crippen LogP contribution < -0.4 is 0 Å². The zero-order valence-electron chi connectivity index (χ0n) is 6.41. The molecular formula is C7H10N2O2. The largest absolute Gasteiger partial charge is 0.327 e. The summed E-state index contributed by atoms with van der Waals surface area (Å²) >= 11 is 0. The van der Waals surface area contributed by atoms with Crippen LogP contribution in [-0.2, 0) is 4.79 Å². The molecule has 2 rings (SSSR count). The SMILES string of the molecule is CN1C(=O)C2CCCN2C1=O. The first-order chi connectivity index (χ1) is 5.22. The molecule has 11 heavy (non-hydrogen) atoms. The Morgan fingerprint density at radius 1 is 1.45 bits per heavy atom. The number of likely N-dealkylation sites (N-methyl/N-ethyl adjacent to an activating group) is 1. The number of rotatable bonds is 0. The lowest BCUT2D eigenvalue weighted by molar-refractivity contribution is -0.127. The summed E-state index contributed by atoms with van der Waals surface area (Å²) in [5.41, 5.74) is 0. The molecule has 0 bridgehead atoms. The van der Waals surface area contributed by atoms with Crippen LogP contribution in [-0.4, -0.2) is 41.4 Å². The van der Waals surface area contributed by atoms with Crippen LogP contribution >= 0.6 is 0 Å². The summed E-state index contributed by atoms with van der Waals surface area (Å²) < 4.78 is 0. The van der Waals surface area contributed by atoms with Gasteiger partial charge in [0, 0.05) is 13.6 Å². The maximum Gasteiger partial charge on any atom is 0.327 e. The summed E-state index contributed by atoms with van der Waals surface area (Å²) in [4.78, 5) is 25.4. The van der Waals surface area contributed by atoms with Gasteiger partial charge in [-0.05, 0) is 12.8 Å². The lowest BCUT2D eigenvalue weighted by atomic mass is 10.2. The number of amides is 3. The Bertz CT molecular complexity index is 204. The molecule has 2 saturated heterocycles. The van der Waals surface area contributed by atoms with Gasteiger partial charge in [0.15, 0.2) is 0 Å². The van der Waals surface area contributed by atoms with Crippen LogP contribution in [0.5, 0.6) is 0 Å². The Labute approximate surface area is 64.8 Å². The molecule has 0 aromatic heterocycles. The van der Waals surface area contributed by atoms with Gasteiger partial charge in [-0.15, -0.1) is 0 Å². The topological polar surface area (TPSA) is 40.6 Å². The maximum atomic E-state index is 11.3. The molecule has 1 unspecified atom stereocenters. The number of hydrogen-bond donors (Lipinski definition) is 0. The first kappa shape index (κ1) is 6.64. The summed E-state index contributed by atoms with van der Waals surface area (Å²) in [6, 6.07) is -0.259. The van der Waals surface area contributed by atoms with E-state index >= 15 is 0 Å². The van der Waals surface area contributed by atoms with Crippen molar-refractivity contribution in [1.29, 1.82) is 0 Å². The minimum absolute atomic E-state index is 0.0347. The molecule has 4 heteroatoms. The second kappa shape index (κ2) is 1.96. The molecule has 60 valence electrons. The van der Waals surface area contributed by atoms with Crippen molar-refractivity contribution in [2.24, 2.45) is 0 Å². The second-order valence-corrected chi connectivity index (χ2v) is 3.03. The highest BCUT2D eigenvalue weighted by molar-refractivity contribution is 6.04. The van der Waals surface area contributed by atoms with Gasteiger partial charge in [0.05, 0.1) is 0 Å². The lowest BCUT2D eigenvalue weighted by Gasteiger charge is -2.10. The van der Waals surface area contributed by atoms with Gasteiger partial charge in [0.25, 0.3) is 5.91 Å². The molecule has 0 aromatic rings. The van der Waals surface area contributed by atoms with Gasteiger partial charge < -0.3 is 4.90 Å². The Morgan fingerprint density at radius 3 is 2.82 bits per heavy atom. The third kappa shape index (κ3) is 0.692. The molecule has 0 spiro atoms. The van der Waals surface area contributed by atoms with Crippen LogP contribution in [0.4, 0.5) is 4.79 Å². The van der Waals surface area contributed by atoms with Crippen molar-refractivity contribution in [2.75, 3.05) is 13.6 Å². The van der Waals surface area contributed by atoms with Gasteiger partial charge >= 0.3 is 6.03 Å². The highest BCUT2D eigenvalue weighted by Crippen LogP contribution is 2.25. The predicted molar refractivity (Wildman–Crippen MR) is 37.9 cm³/mol. The van der Waals surface area contributed by atoms with Crippen LogP contribution in [0.3, 0.4) is 0 Å². The Morgan fingerprint density at radius 2 is 2.18 bits per heavy atom. The summed E-state index contributed by atoms with van der Waals surface area (Å²) in [6.45, 7) is 0.750. The fraction of sp³-hybridized carbons (Fsp3) is 0.714. The minimum Gasteiger partial charge on any atom is -0.312 e. The van der Waals surface area contributed by atoms with Crippen LogP contribution in [0.25, 0.3) is 0 Å². The van der Waals surface area contributed by atoms with E-state index in [-0.39, 0.29) is 18.0 Å². The third-order valence-electron chi connectivity index (χ3n) is 2.40. The summed E-state index contributed by atoms with van der Waals surface area (Å²) in [5.74, 6) is -0.0347. The molecule has 1 atom stereocenters. The molecule has 2 heterocycles.